The summed E-state index contributed by atoms with van der Waals surface area (Å²) in [5.74, 6) is 0.496. The van der Waals surface area contributed by atoms with Gasteiger partial charge in [-0.3, -0.25) is 5.10 Å². The maximum Gasteiger partial charge on any atom is 0.246 e. The molecule has 1 aromatic heterocycles. The summed E-state index contributed by atoms with van der Waals surface area (Å²) in [6, 6.07) is 0. The number of nitrogens with one attached hydrogen (secondary N) is 1. The number of likely N-dealkylation sites (N-methyl/N-ethyl adjacent to an activating group) is 1. The van der Waals surface area contributed by atoms with Crippen molar-refractivity contribution in [1.29, 1.82) is 0 Å². The molecule has 1 heterocycles. The summed E-state index contributed by atoms with van der Waals surface area (Å²) in [7, 11) is -1.91. The molecule has 0 aliphatic heterocycles. The fraction of sp³-hybridized carbons (Fsp3) is 0.769. The summed E-state index contributed by atoms with van der Waals surface area (Å²) >= 11 is 0. The van der Waals surface area contributed by atoms with Crippen molar-refractivity contribution in [1.82, 2.24) is 14.5 Å². The maximum atomic E-state index is 12.8. The number of nitrogens with zero attached hydrogens (tertiary/aromatic N) is 2. The van der Waals surface area contributed by atoms with Gasteiger partial charge in [-0.15, -0.1) is 0 Å². The summed E-state index contributed by atoms with van der Waals surface area (Å²) in [5.41, 5.74) is 6.05. The zero-order valence-electron chi connectivity index (χ0n) is 12.4. The molecule has 114 valence electrons. The first kappa shape index (κ1) is 15.5. The third-order valence-corrected chi connectivity index (χ3v) is 6.61. The Balaban J connectivity index is 2.38. The summed E-state index contributed by atoms with van der Waals surface area (Å²) in [6.07, 6.45) is 5.16. The van der Waals surface area contributed by atoms with Gasteiger partial charge in [0.2, 0.25) is 10.0 Å². The fourth-order valence-corrected chi connectivity index (χ4v) is 4.90. The molecule has 2 unspecified atom stereocenters. The van der Waals surface area contributed by atoms with E-state index in [9.17, 15) is 8.42 Å². The van der Waals surface area contributed by atoms with E-state index < -0.39 is 15.6 Å². The van der Waals surface area contributed by atoms with Crippen LogP contribution >= 0.6 is 0 Å². The summed E-state index contributed by atoms with van der Waals surface area (Å²) in [6.45, 7) is 4.23. The standard InChI is InChI=1S/C13H24N4O2S/c1-10-5-4-6-13(7-10,9-14)17(3)20(18,19)12-8-15-16-11(12)2/h8,10H,4-7,9,14H2,1-3H3,(H,15,16). The summed E-state index contributed by atoms with van der Waals surface area (Å²) in [4.78, 5) is 0.242. The van der Waals surface area contributed by atoms with Crippen molar-refractivity contribution < 1.29 is 8.42 Å². The molecule has 0 bridgehead atoms. The number of aryl methyl sites for hydroxylation is 1. The second-order valence-electron chi connectivity index (χ2n) is 5.96. The predicted molar refractivity (Wildman–Crippen MR) is 77.7 cm³/mol. The monoisotopic (exact) mass is 300 g/mol. The van der Waals surface area contributed by atoms with Crippen molar-refractivity contribution in [3.05, 3.63) is 11.9 Å². The molecule has 0 aromatic carbocycles. The SMILES string of the molecule is Cc1[nH]ncc1S(=O)(=O)N(C)C1(CN)CCCC(C)C1. The normalized spacial score (nSPS) is 27.9. The van der Waals surface area contributed by atoms with E-state index in [0.29, 0.717) is 18.2 Å². The molecule has 20 heavy (non-hydrogen) atoms. The topological polar surface area (TPSA) is 92.1 Å². The van der Waals surface area contributed by atoms with E-state index in [1.165, 1.54) is 10.5 Å². The molecule has 3 N–H and O–H groups in total. The Bertz CT molecular complexity index is 569. The third-order valence-electron chi connectivity index (χ3n) is 4.54. The molecule has 2 rings (SSSR count). The van der Waals surface area contributed by atoms with Crippen LogP contribution in [-0.2, 0) is 10.0 Å². The van der Waals surface area contributed by atoms with Crippen LogP contribution in [0.25, 0.3) is 0 Å². The van der Waals surface area contributed by atoms with E-state index in [-0.39, 0.29) is 4.90 Å². The minimum Gasteiger partial charge on any atom is -0.329 e. The smallest absolute Gasteiger partial charge is 0.246 e. The van der Waals surface area contributed by atoms with Gasteiger partial charge >= 0.3 is 0 Å². The average molecular weight is 300 g/mol. The van der Waals surface area contributed by atoms with Gasteiger partial charge in [-0.1, -0.05) is 19.8 Å². The van der Waals surface area contributed by atoms with Crippen LogP contribution in [0.5, 0.6) is 0 Å². The van der Waals surface area contributed by atoms with E-state index in [0.717, 1.165) is 25.7 Å². The zero-order valence-corrected chi connectivity index (χ0v) is 13.2. The second-order valence-corrected chi connectivity index (χ2v) is 7.90. The van der Waals surface area contributed by atoms with E-state index >= 15 is 0 Å². The highest BCUT2D eigenvalue weighted by molar-refractivity contribution is 7.89. The number of sulfonamides is 1. The van der Waals surface area contributed by atoms with Crippen LogP contribution < -0.4 is 5.73 Å². The first-order chi connectivity index (χ1) is 9.33. The minimum atomic E-state index is -3.56. The van der Waals surface area contributed by atoms with Gasteiger partial charge in [-0.25, -0.2) is 8.42 Å². The Morgan fingerprint density at radius 3 is 2.80 bits per heavy atom. The lowest BCUT2D eigenvalue weighted by Gasteiger charge is -2.45. The average Bonchev–Trinajstić information content (AvgIpc) is 2.84. The molecule has 1 saturated carbocycles. The largest absolute Gasteiger partial charge is 0.329 e. The van der Waals surface area contributed by atoms with E-state index in [1.54, 1.807) is 14.0 Å². The highest BCUT2D eigenvalue weighted by Gasteiger charge is 2.43. The Hall–Kier alpha value is -0.920. The van der Waals surface area contributed by atoms with Crippen LogP contribution in [0, 0.1) is 12.8 Å². The van der Waals surface area contributed by atoms with Crippen LogP contribution in [0.15, 0.2) is 11.1 Å². The van der Waals surface area contributed by atoms with Crippen molar-refractivity contribution in [3.63, 3.8) is 0 Å². The molecule has 0 radical (unpaired) electrons. The molecule has 1 fully saturated rings. The Morgan fingerprint density at radius 1 is 1.60 bits per heavy atom. The lowest BCUT2D eigenvalue weighted by Crippen LogP contribution is -2.56. The molecule has 0 spiro atoms. The molecule has 1 aliphatic rings. The van der Waals surface area contributed by atoms with Gasteiger partial charge in [0.05, 0.1) is 11.9 Å². The lowest BCUT2D eigenvalue weighted by molar-refractivity contribution is 0.127. The number of rotatable bonds is 4. The maximum absolute atomic E-state index is 12.8. The van der Waals surface area contributed by atoms with Crippen LogP contribution in [-0.4, -0.2) is 42.1 Å². The number of nitrogens with two attached hydrogens (primary N) is 1. The van der Waals surface area contributed by atoms with Crippen molar-refractivity contribution in [2.75, 3.05) is 13.6 Å². The van der Waals surface area contributed by atoms with E-state index in [2.05, 4.69) is 17.1 Å². The molecule has 7 heteroatoms. The summed E-state index contributed by atoms with van der Waals surface area (Å²) < 4.78 is 27.1. The molecule has 0 amide bonds. The zero-order chi connectivity index (χ0) is 15.0. The van der Waals surface area contributed by atoms with Crippen molar-refractivity contribution in [2.24, 2.45) is 11.7 Å². The third kappa shape index (κ3) is 2.49. The lowest BCUT2D eigenvalue weighted by atomic mass is 9.76. The first-order valence-electron chi connectivity index (χ1n) is 7.02. The number of hydrogen-bond acceptors (Lipinski definition) is 4. The highest BCUT2D eigenvalue weighted by Crippen LogP contribution is 2.38. The van der Waals surface area contributed by atoms with Gasteiger partial charge in [-0.05, 0) is 25.7 Å². The molecule has 1 aliphatic carbocycles. The van der Waals surface area contributed by atoms with Crippen LogP contribution in [0.3, 0.4) is 0 Å². The Kier molecular flexibility index (Phi) is 4.22. The van der Waals surface area contributed by atoms with Crippen molar-refractivity contribution >= 4 is 10.0 Å². The quantitative estimate of drug-likeness (QED) is 0.875. The van der Waals surface area contributed by atoms with E-state index in [4.69, 9.17) is 5.73 Å². The number of aromatic nitrogens is 2. The predicted octanol–water partition coefficient (Wildman–Crippen LogP) is 1.25. The number of hydrogen-bond donors (Lipinski definition) is 2. The van der Waals surface area contributed by atoms with Gasteiger partial charge in [-0.2, -0.15) is 9.40 Å². The molecular formula is C13H24N4O2S. The molecule has 6 nitrogen and oxygen atoms in total. The fourth-order valence-electron chi connectivity index (χ4n) is 3.23. The van der Waals surface area contributed by atoms with Crippen LogP contribution in [0.1, 0.15) is 38.3 Å². The first-order valence-corrected chi connectivity index (χ1v) is 8.46. The van der Waals surface area contributed by atoms with Gasteiger partial charge in [0.1, 0.15) is 4.90 Å². The molecule has 1 aromatic rings. The van der Waals surface area contributed by atoms with Gasteiger partial charge in [0.25, 0.3) is 0 Å². The van der Waals surface area contributed by atoms with Crippen LogP contribution in [0.2, 0.25) is 0 Å². The number of H-pyrrole nitrogens is 1. The molecular weight excluding hydrogens is 276 g/mol. The van der Waals surface area contributed by atoms with E-state index in [1.807, 2.05) is 0 Å². The van der Waals surface area contributed by atoms with Gasteiger partial charge in [0.15, 0.2) is 0 Å². The van der Waals surface area contributed by atoms with Crippen molar-refractivity contribution in [2.45, 2.75) is 50.0 Å². The molecule has 0 saturated heterocycles. The summed E-state index contributed by atoms with van der Waals surface area (Å²) in [5, 5.41) is 6.50. The van der Waals surface area contributed by atoms with Gasteiger partial charge in [0, 0.05) is 19.1 Å². The Morgan fingerprint density at radius 2 is 2.30 bits per heavy atom. The van der Waals surface area contributed by atoms with Gasteiger partial charge < -0.3 is 5.73 Å². The second kappa shape index (κ2) is 5.46. The van der Waals surface area contributed by atoms with Crippen molar-refractivity contribution in [3.8, 4) is 0 Å². The van der Waals surface area contributed by atoms with Crippen LogP contribution in [0.4, 0.5) is 0 Å². The minimum absolute atomic E-state index is 0.242. The highest BCUT2D eigenvalue weighted by atomic mass is 32.2. The molecule has 2 atom stereocenters. The number of aromatic amines is 1. The Labute approximate surface area is 120 Å².